The molecule has 0 aromatic heterocycles. The highest BCUT2D eigenvalue weighted by Gasteiger charge is 2.40. The van der Waals surface area contributed by atoms with E-state index in [2.05, 4.69) is 13.8 Å². The molecule has 0 aromatic rings. The fourth-order valence-electron chi connectivity index (χ4n) is 2.28. The maximum Gasteiger partial charge on any atom is -0.0104 e. The second-order valence-corrected chi connectivity index (χ2v) is 4.70. The fraction of sp³-hybridized carbons (Fsp3) is 0.818. The minimum absolute atomic E-state index is 0.604. The smallest absolute Gasteiger partial charge is 0.0104 e. The van der Waals surface area contributed by atoms with Crippen LogP contribution >= 0.6 is 0 Å². The van der Waals surface area contributed by atoms with Crippen LogP contribution in [0.5, 0.6) is 0 Å². The molecular formula is C11H18. The van der Waals surface area contributed by atoms with E-state index in [1.54, 1.807) is 5.57 Å². The van der Waals surface area contributed by atoms with Gasteiger partial charge < -0.3 is 0 Å². The lowest BCUT2D eigenvalue weighted by Crippen LogP contribution is -1.95. The van der Waals surface area contributed by atoms with Crippen molar-refractivity contribution in [2.24, 2.45) is 5.41 Å². The summed E-state index contributed by atoms with van der Waals surface area (Å²) in [5.41, 5.74) is 4.23. The van der Waals surface area contributed by atoms with Crippen LogP contribution in [0, 0.1) is 5.41 Å². The highest BCUT2D eigenvalue weighted by Crippen LogP contribution is 2.54. The summed E-state index contributed by atoms with van der Waals surface area (Å²) in [5.74, 6) is 0. The molecule has 2 aliphatic carbocycles. The lowest BCUT2D eigenvalue weighted by atomic mass is 9.93. The van der Waals surface area contributed by atoms with Gasteiger partial charge >= 0.3 is 0 Å². The SMILES string of the molecule is CC1(C)CC1=C1CCCCC1. The van der Waals surface area contributed by atoms with Crippen LogP contribution in [0.25, 0.3) is 0 Å². The lowest BCUT2D eigenvalue weighted by molar-refractivity contribution is 0.589. The Hall–Kier alpha value is -0.260. The van der Waals surface area contributed by atoms with Gasteiger partial charge in [0.15, 0.2) is 0 Å². The van der Waals surface area contributed by atoms with Crippen LogP contribution in [0.1, 0.15) is 52.4 Å². The molecule has 62 valence electrons. The van der Waals surface area contributed by atoms with Crippen LogP contribution in [-0.4, -0.2) is 0 Å². The fourth-order valence-corrected chi connectivity index (χ4v) is 2.28. The van der Waals surface area contributed by atoms with E-state index in [0.29, 0.717) is 5.41 Å². The van der Waals surface area contributed by atoms with Crippen LogP contribution in [0.2, 0.25) is 0 Å². The molecule has 0 spiro atoms. The van der Waals surface area contributed by atoms with Crippen molar-refractivity contribution in [1.29, 1.82) is 0 Å². The summed E-state index contributed by atoms with van der Waals surface area (Å²) in [6.07, 6.45) is 8.60. The second-order valence-electron chi connectivity index (χ2n) is 4.70. The Morgan fingerprint density at radius 3 is 2.00 bits per heavy atom. The topological polar surface area (TPSA) is 0 Å². The van der Waals surface area contributed by atoms with Crippen molar-refractivity contribution in [1.82, 2.24) is 0 Å². The van der Waals surface area contributed by atoms with Gasteiger partial charge in [-0.15, -0.1) is 0 Å². The number of hydrogen-bond acceptors (Lipinski definition) is 0. The van der Waals surface area contributed by atoms with Crippen molar-refractivity contribution in [3.8, 4) is 0 Å². The summed E-state index contributed by atoms with van der Waals surface area (Å²) < 4.78 is 0. The Labute approximate surface area is 69.7 Å². The number of allylic oxidation sites excluding steroid dienone is 2. The molecule has 0 bridgehead atoms. The zero-order valence-corrected chi connectivity index (χ0v) is 7.74. The maximum absolute atomic E-state index is 2.38. The molecule has 0 N–H and O–H groups in total. The highest BCUT2D eigenvalue weighted by atomic mass is 14.5. The van der Waals surface area contributed by atoms with E-state index >= 15 is 0 Å². The summed E-state index contributed by atoms with van der Waals surface area (Å²) in [7, 11) is 0. The molecule has 2 fully saturated rings. The number of rotatable bonds is 0. The number of hydrogen-bond donors (Lipinski definition) is 0. The molecule has 0 aliphatic heterocycles. The monoisotopic (exact) mass is 150 g/mol. The van der Waals surface area contributed by atoms with Crippen LogP contribution < -0.4 is 0 Å². The Morgan fingerprint density at radius 1 is 1.00 bits per heavy atom. The van der Waals surface area contributed by atoms with Gasteiger partial charge in [0.25, 0.3) is 0 Å². The Balaban J connectivity index is 2.09. The van der Waals surface area contributed by atoms with E-state index in [9.17, 15) is 0 Å². The Bertz CT molecular complexity index is 188. The van der Waals surface area contributed by atoms with Crippen LogP contribution in [-0.2, 0) is 0 Å². The van der Waals surface area contributed by atoms with E-state index in [-0.39, 0.29) is 0 Å². The lowest BCUT2D eigenvalue weighted by Gasteiger charge is -2.13. The highest BCUT2D eigenvalue weighted by molar-refractivity contribution is 5.35. The molecular weight excluding hydrogens is 132 g/mol. The minimum atomic E-state index is 0.604. The van der Waals surface area contributed by atoms with Gasteiger partial charge in [0, 0.05) is 0 Å². The molecule has 0 aromatic carbocycles. The van der Waals surface area contributed by atoms with E-state index in [0.717, 1.165) is 0 Å². The normalized spacial score (nSPS) is 28.9. The quantitative estimate of drug-likeness (QED) is 0.462. The molecule has 0 unspecified atom stereocenters. The predicted molar refractivity (Wildman–Crippen MR) is 48.5 cm³/mol. The van der Waals surface area contributed by atoms with Gasteiger partial charge in [0.05, 0.1) is 0 Å². The summed E-state index contributed by atoms with van der Waals surface area (Å²) >= 11 is 0. The van der Waals surface area contributed by atoms with Gasteiger partial charge in [-0.2, -0.15) is 0 Å². The summed E-state index contributed by atoms with van der Waals surface area (Å²) in [4.78, 5) is 0. The van der Waals surface area contributed by atoms with Crippen molar-refractivity contribution in [3.05, 3.63) is 11.1 Å². The zero-order chi connectivity index (χ0) is 7.90. The van der Waals surface area contributed by atoms with Crippen LogP contribution in [0.3, 0.4) is 0 Å². The first-order chi connectivity index (χ1) is 5.20. The van der Waals surface area contributed by atoms with Crippen molar-refractivity contribution in [2.45, 2.75) is 52.4 Å². The van der Waals surface area contributed by atoms with E-state index in [1.165, 1.54) is 38.5 Å². The molecule has 0 radical (unpaired) electrons. The van der Waals surface area contributed by atoms with E-state index in [4.69, 9.17) is 0 Å². The first-order valence-corrected chi connectivity index (χ1v) is 4.91. The molecule has 2 aliphatic rings. The van der Waals surface area contributed by atoms with Gasteiger partial charge in [0.1, 0.15) is 0 Å². The molecule has 0 heterocycles. The van der Waals surface area contributed by atoms with Gasteiger partial charge in [-0.25, -0.2) is 0 Å². The molecule has 0 amide bonds. The molecule has 2 saturated carbocycles. The first kappa shape index (κ1) is 7.39. The van der Waals surface area contributed by atoms with Crippen molar-refractivity contribution < 1.29 is 0 Å². The summed E-state index contributed by atoms with van der Waals surface area (Å²) in [6, 6.07) is 0. The van der Waals surface area contributed by atoms with E-state index in [1.807, 2.05) is 5.57 Å². The van der Waals surface area contributed by atoms with E-state index < -0.39 is 0 Å². The molecule has 11 heavy (non-hydrogen) atoms. The summed E-state index contributed by atoms with van der Waals surface area (Å²) in [5, 5.41) is 0. The van der Waals surface area contributed by atoms with Gasteiger partial charge in [0.2, 0.25) is 0 Å². The van der Waals surface area contributed by atoms with Gasteiger partial charge in [-0.3, -0.25) is 0 Å². The first-order valence-electron chi connectivity index (χ1n) is 4.91. The van der Waals surface area contributed by atoms with Gasteiger partial charge in [-0.1, -0.05) is 31.4 Å². The largest absolute Gasteiger partial charge is 0.0704 e. The van der Waals surface area contributed by atoms with Crippen LogP contribution in [0.15, 0.2) is 11.1 Å². The summed E-state index contributed by atoms with van der Waals surface area (Å²) in [6.45, 7) is 4.76. The van der Waals surface area contributed by atoms with Crippen LogP contribution in [0.4, 0.5) is 0 Å². The molecule has 2 rings (SSSR count). The predicted octanol–water partition coefficient (Wildman–Crippen LogP) is 3.68. The third kappa shape index (κ3) is 1.36. The molecule has 0 heteroatoms. The Kier molecular flexibility index (Phi) is 1.59. The zero-order valence-electron chi connectivity index (χ0n) is 7.74. The van der Waals surface area contributed by atoms with Crippen molar-refractivity contribution >= 4 is 0 Å². The standard InChI is InChI=1S/C11H18/c1-11(2)8-10(11)9-6-4-3-5-7-9/h3-8H2,1-2H3. The average Bonchev–Trinajstić information content (AvgIpc) is 2.62. The molecule has 0 saturated heterocycles. The molecule has 0 atom stereocenters. The maximum atomic E-state index is 2.38. The Morgan fingerprint density at radius 2 is 1.55 bits per heavy atom. The molecule has 0 nitrogen and oxygen atoms in total. The average molecular weight is 150 g/mol. The van der Waals surface area contributed by atoms with Gasteiger partial charge in [-0.05, 0) is 37.5 Å². The third-order valence-corrected chi connectivity index (χ3v) is 3.19. The van der Waals surface area contributed by atoms with Crippen molar-refractivity contribution in [3.63, 3.8) is 0 Å². The second kappa shape index (κ2) is 2.36. The third-order valence-electron chi connectivity index (χ3n) is 3.19. The minimum Gasteiger partial charge on any atom is -0.0704 e. The van der Waals surface area contributed by atoms with Crippen molar-refractivity contribution in [2.75, 3.05) is 0 Å².